The molecule has 20 heavy (non-hydrogen) atoms. The first-order valence-corrected chi connectivity index (χ1v) is 6.40. The van der Waals surface area contributed by atoms with E-state index in [4.69, 9.17) is 9.84 Å². The molecule has 0 aliphatic heterocycles. The molecule has 1 unspecified atom stereocenters. The lowest BCUT2D eigenvalue weighted by molar-refractivity contribution is -0.146. The average Bonchev–Trinajstić information content (AvgIpc) is 2.40. The van der Waals surface area contributed by atoms with E-state index in [1.54, 1.807) is 0 Å². The summed E-state index contributed by atoms with van der Waals surface area (Å²) in [7, 11) is 0. The van der Waals surface area contributed by atoms with Crippen molar-refractivity contribution >= 4 is 12.1 Å². The van der Waals surface area contributed by atoms with Crippen LogP contribution in [0.2, 0.25) is 0 Å². The molecule has 5 nitrogen and oxygen atoms in total. The Balaban J connectivity index is 1.66. The van der Waals surface area contributed by atoms with Gasteiger partial charge in [0.05, 0.1) is 0 Å². The van der Waals surface area contributed by atoms with E-state index in [1.807, 2.05) is 30.3 Å². The lowest BCUT2D eigenvalue weighted by Gasteiger charge is -2.35. The van der Waals surface area contributed by atoms with Crippen molar-refractivity contribution in [1.82, 2.24) is 5.32 Å². The van der Waals surface area contributed by atoms with Crippen LogP contribution in [-0.2, 0) is 16.1 Å². The molecule has 108 valence electrons. The molecule has 1 aromatic rings. The Bertz CT molecular complexity index is 473. The third-order valence-corrected chi connectivity index (χ3v) is 3.36. The van der Waals surface area contributed by atoms with E-state index >= 15 is 0 Å². The number of alkyl carbamates (subject to hydrolysis) is 1. The number of nitrogens with one attached hydrogen (secondary N) is 1. The van der Waals surface area contributed by atoms with Gasteiger partial charge in [-0.05, 0) is 18.4 Å². The van der Waals surface area contributed by atoms with Crippen LogP contribution in [0.5, 0.6) is 0 Å². The van der Waals surface area contributed by atoms with Crippen LogP contribution in [0.25, 0.3) is 0 Å². The number of aliphatic carboxylic acids is 1. The first kappa shape index (κ1) is 14.3. The smallest absolute Gasteiger partial charge is 0.407 e. The van der Waals surface area contributed by atoms with Crippen LogP contribution in [0, 0.1) is 5.92 Å². The standard InChI is InChI=1S/C14H16FNO4/c15-12(13(17)18)10-6-11(7-10)16-14(19)20-8-9-4-2-1-3-5-9/h1-5,10-12H,6-8H2,(H,16,19)(H,17,18). The maximum Gasteiger partial charge on any atom is 0.407 e. The predicted octanol–water partition coefficient (Wildman–Crippen LogP) is 2.11. The van der Waals surface area contributed by atoms with E-state index in [2.05, 4.69) is 5.32 Å². The first-order chi connectivity index (χ1) is 9.56. The fourth-order valence-corrected chi connectivity index (χ4v) is 2.15. The number of hydrogen-bond acceptors (Lipinski definition) is 3. The Kier molecular flexibility index (Phi) is 4.55. The molecule has 1 fully saturated rings. The van der Waals surface area contributed by atoms with Gasteiger partial charge in [0.25, 0.3) is 0 Å². The van der Waals surface area contributed by atoms with Gasteiger partial charge in [0.2, 0.25) is 0 Å². The number of halogens is 1. The van der Waals surface area contributed by atoms with Crippen LogP contribution in [0.3, 0.4) is 0 Å². The fraction of sp³-hybridized carbons (Fsp3) is 0.429. The van der Waals surface area contributed by atoms with Gasteiger partial charge in [0.15, 0.2) is 6.17 Å². The van der Waals surface area contributed by atoms with Gasteiger partial charge >= 0.3 is 12.1 Å². The van der Waals surface area contributed by atoms with Gasteiger partial charge in [-0.25, -0.2) is 14.0 Å². The van der Waals surface area contributed by atoms with E-state index in [1.165, 1.54) is 0 Å². The highest BCUT2D eigenvalue weighted by molar-refractivity contribution is 5.73. The SMILES string of the molecule is O=C(NC1CC(C(F)C(=O)O)C1)OCc1ccccc1. The van der Waals surface area contributed by atoms with Crippen molar-refractivity contribution in [3.05, 3.63) is 35.9 Å². The molecule has 0 saturated heterocycles. The highest BCUT2D eigenvalue weighted by atomic mass is 19.1. The molecule has 1 amide bonds. The number of benzene rings is 1. The number of rotatable bonds is 5. The third-order valence-electron chi connectivity index (χ3n) is 3.36. The summed E-state index contributed by atoms with van der Waals surface area (Å²) in [4.78, 5) is 21.9. The van der Waals surface area contributed by atoms with Crippen molar-refractivity contribution in [2.45, 2.75) is 31.7 Å². The zero-order valence-electron chi connectivity index (χ0n) is 10.8. The molecule has 0 radical (unpaired) electrons. The summed E-state index contributed by atoms with van der Waals surface area (Å²) < 4.78 is 18.1. The molecular weight excluding hydrogens is 265 g/mol. The van der Waals surface area contributed by atoms with Gasteiger partial charge in [-0.3, -0.25) is 0 Å². The van der Waals surface area contributed by atoms with E-state index in [0.717, 1.165) is 5.56 Å². The average molecular weight is 281 g/mol. The topological polar surface area (TPSA) is 75.6 Å². The summed E-state index contributed by atoms with van der Waals surface area (Å²) >= 11 is 0. The van der Waals surface area contributed by atoms with Crippen molar-refractivity contribution in [3.8, 4) is 0 Å². The van der Waals surface area contributed by atoms with Crippen molar-refractivity contribution in [2.24, 2.45) is 5.92 Å². The maximum absolute atomic E-state index is 13.1. The Labute approximate surface area is 115 Å². The normalized spacial score (nSPS) is 22.4. The molecule has 2 rings (SSSR count). The van der Waals surface area contributed by atoms with Crippen LogP contribution in [0.4, 0.5) is 9.18 Å². The number of carboxylic acid groups (broad SMARTS) is 1. The third kappa shape index (κ3) is 3.69. The molecule has 0 aromatic heterocycles. The Morgan fingerprint density at radius 1 is 1.35 bits per heavy atom. The number of carbonyl (C=O) groups is 2. The minimum atomic E-state index is -1.85. The molecule has 0 heterocycles. The van der Waals surface area contributed by atoms with E-state index < -0.39 is 24.2 Å². The van der Waals surface area contributed by atoms with Gasteiger partial charge in [-0.1, -0.05) is 30.3 Å². The summed E-state index contributed by atoms with van der Waals surface area (Å²) in [5.41, 5.74) is 0.879. The number of hydrogen-bond donors (Lipinski definition) is 2. The van der Waals surface area contributed by atoms with Crippen molar-refractivity contribution < 1.29 is 23.8 Å². The van der Waals surface area contributed by atoms with Crippen molar-refractivity contribution in [2.75, 3.05) is 0 Å². The largest absolute Gasteiger partial charge is 0.479 e. The van der Waals surface area contributed by atoms with Gasteiger partial charge in [0, 0.05) is 12.0 Å². The van der Waals surface area contributed by atoms with Gasteiger partial charge in [-0.15, -0.1) is 0 Å². The molecule has 1 atom stereocenters. The summed E-state index contributed by atoms with van der Waals surface area (Å²) in [6, 6.07) is 9.04. The zero-order chi connectivity index (χ0) is 14.5. The molecule has 0 bridgehead atoms. The highest BCUT2D eigenvalue weighted by Crippen LogP contribution is 2.32. The zero-order valence-corrected chi connectivity index (χ0v) is 10.8. The molecule has 2 N–H and O–H groups in total. The summed E-state index contributed by atoms with van der Waals surface area (Å²) in [6.07, 6.45) is -1.77. The minimum Gasteiger partial charge on any atom is -0.479 e. The molecule has 6 heteroatoms. The lowest BCUT2D eigenvalue weighted by Crippen LogP contribution is -2.48. The monoisotopic (exact) mass is 281 g/mol. The summed E-state index contributed by atoms with van der Waals surface area (Å²) in [5, 5.41) is 11.1. The molecule has 0 spiro atoms. The lowest BCUT2D eigenvalue weighted by atomic mass is 9.77. The Hall–Kier alpha value is -2.11. The number of alkyl halides is 1. The van der Waals surface area contributed by atoms with Gasteiger partial charge in [-0.2, -0.15) is 0 Å². The highest BCUT2D eigenvalue weighted by Gasteiger charge is 2.39. The predicted molar refractivity (Wildman–Crippen MR) is 68.8 cm³/mol. The van der Waals surface area contributed by atoms with E-state index in [0.29, 0.717) is 12.8 Å². The second-order valence-corrected chi connectivity index (χ2v) is 4.87. The quantitative estimate of drug-likeness (QED) is 0.866. The second kappa shape index (κ2) is 6.36. The molecular formula is C14H16FNO4. The number of carbonyl (C=O) groups excluding carboxylic acids is 1. The second-order valence-electron chi connectivity index (χ2n) is 4.87. The van der Waals surface area contributed by atoms with Gasteiger partial charge < -0.3 is 15.2 Å². The molecule has 1 saturated carbocycles. The van der Waals surface area contributed by atoms with E-state index in [9.17, 15) is 14.0 Å². The number of ether oxygens (including phenoxy) is 1. The van der Waals surface area contributed by atoms with Gasteiger partial charge in [0.1, 0.15) is 6.61 Å². The van der Waals surface area contributed by atoms with Crippen LogP contribution in [-0.4, -0.2) is 29.4 Å². The van der Waals surface area contributed by atoms with Crippen LogP contribution in [0.15, 0.2) is 30.3 Å². The minimum absolute atomic E-state index is 0.170. The summed E-state index contributed by atoms with van der Waals surface area (Å²) in [5.74, 6) is -1.97. The molecule has 1 aliphatic carbocycles. The van der Waals surface area contributed by atoms with Crippen LogP contribution in [0.1, 0.15) is 18.4 Å². The van der Waals surface area contributed by atoms with E-state index in [-0.39, 0.29) is 12.6 Å². The van der Waals surface area contributed by atoms with Crippen LogP contribution >= 0.6 is 0 Å². The number of carboxylic acids is 1. The molecule has 1 aliphatic rings. The Morgan fingerprint density at radius 3 is 2.60 bits per heavy atom. The van der Waals surface area contributed by atoms with Crippen molar-refractivity contribution in [3.63, 3.8) is 0 Å². The Morgan fingerprint density at radius 2 is 2.00 bits per heavy atom. The van der Waals surface area contributed by atoms with Crippen molar-refractivity contribution in [1.29, 1.82) is 0 Å². The maximum atomic E-state index is 13.1. The number of amides is 1. The summed E-state index contributed by atoms with van der Waals surface area (Å²) in [6.45, 7) is 0.170. The first-order valence-electron chi connectivity index (χ1n) is 6.40. The fourth-order valence-electron chi connectivity index (χ4n) is 2.15. The molecule has 1 aromatic carbocycles. The van der Waals surface area contributed by atoms with Crippen LogP contribution < -0.4 is 5.32 Å².